The second kappa shape index (κ2) is 7.22. The van der Waals surface area contributed by atoms with Gasteiger partial charge in [0.05, 0.1) is 14.4 Å². The molecular formula is C15H20BrN3OS. The lowest BCUT2D eigenvalue weighted by Gasteiger charge is -2.22. The quantitative estimate of drug-likeness (QED) is 0.854. The number of amides is 1. The van der Waals surface area contributed by atoms with Crippen LogP contribution in [0.15, 0.2) is 20.4 Å². The molecule has 2 N–H and O–H groups in total. The van der Waals surface area contributed by atoms with E-state index >= 15 is 0 Å². The molecule has 0 spiro atoms. The minimum atomic E-state index is 0.0780. The van der Waals surface area contributed by atoms with E-state index < -0.39 is 0 Å². The number of hydrogen-bond donors (Lipinski definition) is 1. The third-order valence-corrected chi connectivity index (χ3v) is 4.77. The highest BCUT2D eigenvalue weighted by atomic mass is 79.9. The van der Waals surface area contributed by atoms with Crippen molar-refractivity contribution >= 4 is 50.8 Å². The Kier molecular flexibility index (Phi) is 5.58. The predicted molar refractivity (Wildman–Crippen MR) is 93.1 cm³/mol. The van der Waals surface area contributed by atoms with Gasteiger partial charge >= 0.3 is 0 Å². The topological polar surface area (TPSA) is 58.7 Å². The van der Waals surface area contributed by atoms with Crippen molar-refractivity contribution in [2.24, 2.45) is 10.7 Å². The molecule has 0 unspecified atom stereocenters. The van der Waals surface area contributed by atoms with E-state index in [4.69, 9.17) is 5.73 Å². The van der Waals surface area contributed by atoms with Crippen molar-refractivity contribution in [1.29, 1.82) is 0 Å². The Morgan fingerprint density at radius 2 is 2.10 bits per heavy atom. The van der Waals surface area contributed by atoms with Crippen molar-refractivity contribution in [2.45, 2.75) is 33.1 Å². The summed E-state index contributed by atoms with van der Waals surface area (Å²) in [6.45, 7) is 5.73. The number of halogens is 1. The van der Waals surface area contributed by atoms with Crippen LogP contribution < -0.4 is 5.73 Å². The van der Waals surface area contributed by atoms with Gasteiger partial charge in [-0.1, -0.05) is 13.8 Å². The van der Waals surface area contributed by atoms with E-state index in [0.717, 1.165) is 45.9 Å². The van der Waals surface area contributed by atoms with Crippen molar-refractivity contribution in [3.63, 3.8) is 0 Å². The molecule has 2 rings (SSSR count). The number of amidine groups is 1. The molecule has 6 heteroatoms. The van der Waals surface area contributed by atoms with Crippen molar-refractivity contribution < 1.29 is 4.79 Å². The van der Waals surface area contributed by atoms with Crippen molar-refractivity contribution in [2.75, 3.05) is 13.1 Å². The van der Waals surface area contributed by atoms with Gasteiger partial charge in [-0.3, -0.25) is 4.79 Å². The van der Waals surface area contributed by atoms with E-state index in [0.29, 0.717) is 12.3 Å². The Labute approximate surface area is 137 Å². The lowest BCUT2D eigenvalue weighted by molar-refractivity contribution is -0.127. The number of aliphatic imine (C=N–C) groups is 1. The van der Waals surface area contributed by atoms with Crippen LogP contribution in [-0.2, 0) is 4.79 Å². The third-order valence-electron chi connectivity index (χ3n) is 3.20. The summed E-state index contributed by atoms with van der Waals surface area (Å²) in [5, 5.41) is 0. The summed E-state index contributed by atoms with van der Waals surface area (Å²) in [6.07, 6.45) is 4.27. The predicted octanol–water partition coefficient (Wildman–Crippen LogP) is 3.94. The second-order valence-corrected chi connectivity index (χ2v) is 7.50. The van der Waals surface area contributed by atoms with E-state index in [9.17, 15) is 4.79 Å². The summed E-state index contributed by atoms with van der Waals surface area (Å²) >= 11 is 5.03. The molecule has 0 fully saturated rings. The third kappa shape index (κ3) is 3.95. The van der Waals surface area contributed by atoms with E-state index in [1.165, 1.54) is 0 Å². The number of nitrogens with two attached hydrogens (primary N) is 1. The molecule has 0 aromatic carbocycles. The molecule has 1 aromatic heterocycles. The fourth-order valence-corrected chi connectivity index (χ4v) is 3.88. The zero-order chi connectivity index (χ0) is 15.4. The molecule has 1 aliphatic heterocycles. The van der Waals surface area contributed by atoms with Crippen molar-refractivity contribution in [3.05, 3.63) is 20.3 Å². The van der Waals surface area contributed by atoms with Crippen molar-refractivity contribution in [3.8, 4) is 0 Å². The van der Waals surface area contributed by atoms with Crippen LogP contribution in [0, 0.1) is 0 Å². The number of nitrogens with zero attached hydrogens (tertiary/aromatic N) is 2. The average Bonchev–Trinajstić information content (AvgIpc) is 2.68. The number of thiophene rings is 1. The molecule has 0 saturated carbocycles. The molecule has 4 nitrogen and oxygen atoms in total. The zero-order valence-corrected chi connectivity index (χ0v) is 14.8. The zero-order valence-electron chi connectivity index (χ0n) is 12.4. The Morgan fingerprint density at radius 3 is 2.71 bits per heavy atom. The van der Waals surface area contributed by atoms with Crippen LogP contribution in [0.5, 0.6) is 0 Å². The van der Waals surface area contributed by atoms with Crippen LogP contribution in [0.3, 0.4) is 0 Å². The Bertz CT molecular complexity index is 586. The van der Waals surface area contributed by atoms with Gasteiger partial charge in [0.1, 0.15) is 5.84 Å². The molecule has 1 amide bonds. The molecule has 0 radical (unpaired) electrons. The molecule has 1 aromatic rings. The number of carbonyl (C=O) groups excluding carboxylic acids is 1. The van der Waals surface area contributed by atoms with Gasteiger partial charge in [-0.25, -0.2) is 4.99 Å². The summed E-state index contributed by atoms with van der Waals surface area (Å²) in [4.78, 5) is 20.0. The fourth-order valence-electron chi connectivity index (χ4n) is 2.35. The summed E-state index contributed by atoms with van der Waals surface area (Å²) in [7, 11) is 0. The van der Waals surface area contributed by atoms with Crippen LogP contribution in [0.25, 0.3) is 6.08 Å². The maximum absolute atomic E-state index is 12.7. The summed E-state index contributed by atoms with van der Waals surface area (Å²) in [5.74, 6) is 0.570. The number of hydrogen-bond acceptors (Lipinski definition) is 4. The van der Waals surface area contributed by atoms with Crippen LogP contribution in [-0.4, -0.2) is 29.7 Å². The van der Waals surface area contributed by atoms with Gasteiger partial charge in [0.25, 0.3) is 0 Å². The Balaban J connectivity index is 2.32. The van der Waals surface area contributed by atoms with E-state index in [2.05, 4.69) is 34.8 Å². The van der Waals surface area contributed by atoms with Crippen LogP contribution in [0.2, 0.25) is 0 Å². The van der Waals surface area contributed by atoms with E-state index in [1.807, 2.05) is 17.0 Å². The summed E-state index contributed by atoms with van der Waals surface area (Å²) in [5.41, 5.74) is 7.53. The standard InChI is InChI=1S/C15H20BrN3OS/c1-3-5-19(6-4-2)15(20)10-7-12-11(9-13(16)21-12)18-14(17)8-10/h7,9H,3-6,8H2,1-2H3,(H2,17,18). The monoisotopic (exact) mass is 369 g/mol. The molecule has 2 heterocycles. The van der Waals surface area contributed by atoms with Crippen LogP contribution >= 0.6 is 27.3 Å². The average molecular weight is 370 g/mol. The fraction of sp³-hybridized carbons (Fsp3) is 0.467. The summed E-state index contributed by atoms with van der Waals surface area (Å²) in [6, 6.07) is 1.94. The lowest BCUT2D eigenvalue weighted by Crippen LogP contribution is -2.34. The number of carbonyl (C=O) groups is 1. The first-order valence-electron chi connectivity index (χ1n) is 7.17. The van der Waals surface area contributed by atoms with E-state index in [1.54, 1.807) is 11.3 Å². The highest BCUT2D eigenvalue weighted by Gasteiger charge is 2.21. The molecule has 114 valence electrons. The van der Waals surface area contributed by atoms with Gasteiger partial charge in [0.15, 0.2) is 0 Å². The molecule has 0 saturated heterocycles. The van der Waals surface area contributed by atoms with Gasteiger partial charge in [-0.2, -0.15) is 0 Å². The van der Waals surface area contributed by atoms with Crippen LogP contribution in [0.4, 0.5) is 5.69 Å². The van der Waals surface area contributed by atoms with E-state index in [-0.39, 0.29) is 5.91 Å². The van der Waals surface area contributed by atoms with Crippen LogP contribution in [0.1, 0.15) is 38.0 Å². The highest BCUT2D eigenvalue weighted by Crippen LogP contribution is 2.37. The minimum Gasteiger partial charge on any atom is -0.387 e. The number of rotatable bonds is 5. The largest absolute Gasteiger partial charge is 0.387 e. The molecule has 21 heavy (non-hydrogen) atoms. The molecule has 0 aliphatic carbocycles. The first kappa shape index (κ1) is 16.2. The Hall–Kier alpha value is -1.14. The molecular weight excluding hydrogens is 350 g/mol. The normalized spacial score (nSPS) is 14.0. The first-order valence-corrected chi connectivity index (χ1v) is 8.78. The SMILES string of the molecule is CCCN(CCC)C(=O)C1=Cc2sc(Br)cc2N=C(N)C1. The summed E-state index contributed by atoms with van der Waals surface area (Å²) < 4.78 is 0.993. The second-order valence-electron chi connectivity index (χ2n) is 5.04. The van der Waals surface area contributed by atoms with Gasteiger partial charge in [-0.15, -0.1) is 11.3 Å². The van der Waals surface area contributed by atoms with Gasteiger partial charge in [0, 0.05) is 25.1 Å². The maximum Gasteiger partial charge on any atom is 0.250 e. The number of fused-ring (bicyclic) bond motifs is 1. The first-order chi connectivity index (χ1) is 10.0. The highest BCUT2D eigenvalue weighted by molar-refractivity contribution is 9.11. The van der Waals surface area contributed by atoms with Crippen molar-refractivity contribution in [1.82, 2.24) is 4.90 Å². The smallest absolute Gasteiger partial charge is 0.250 e. The molecule has 1 aliphatic rings. The van der Waals surface area contributed by atoms with Gasteiger partial charge in [0.2, 0.25) is 5.91 Å². The Morgan fingerprint density at radius 1 is 1.43 bits per heavy atom. The lowest BCUT2D eigenvalue weighted by atomic mass is 10.1. The molecule has 0 atom stereocenters. The molecule has 0 bridgehead atoms. The van der Waals surface area contributed by atoms with Gasteiger partial charge < -0.3 is 10.6 Å². The maximum atomic E-state index is 12.7. The minimum absolute atomic E-state index is 0.0780. The van der Waals surface area contributed by atoms with Gasteiger partial charge in [-0.05, 0) is 40.9 Å².